The van der Waals surface area contributed by atoms with Crippen LogP contribution < -0.4 is 0 Å². The van der Waals surface area contributed by atoms with Gasteiger partial charge in [-0.1, -0.05) is 30.3 Å². The molecule has 0 aliphatic heterocycles. The number of carbonyl (C=O) groups is 1. The second kappa shape index (κ2) is 3.92. The Balaban J connectivity index is 2.10. The van der Waals surface area contributed by atoms with Crippen LogP contribution in [-0.2, 0) is 6.42 Å². The van der Waals surface area contributed by atoms with Gasteiger partial charge in [0.15, 0.2) is 0 Å². The first-order valence-electron chi connectivity index (χ1n) is 4.48. The molecule has 2 nitrogen and oxygen atoms in total. The number of hydrogen-bond acceptors (Lipinski definition) is 1. The van der Waals surface area contributed by atoms with Crippen LogP contribution in [0.3, 0.4) is 0 Å². The van der Waals surface area contributed by atoms with E-state index in [0.29, 0.717) is 6.42 Å². The Morgan fingerprint density at radius 3 is 2.64 bits per heavy atom. The summed E-state index contributed by atoms with van der Waals surface area (Å²) in [6.07, 6.45) is 4.96. The van der Waals surface area contributed by atoms with Crippen molar-refractivity contribution in [2.75, 3.05) is 0 Å². The molecular formula is C12H10NO. The largest absolute Gasteiger partial charge is 0.285 e. The number of rotatable bonds is 2. The molecule has 2 heteroatoms. The van der Waals surface area contributed by atoms with Gasteiger partial charge in [-0.15, -0.1) is 0 Å². The fourth-order valence-electron chi connectivity index (χ4n) is 1.31. The lowest BCUT2D eigenvalue weighted by molar-refractivity contribution is 0.0913. The van der Waals surface area contributed by atoms with E-state index in [9.17, 15) is 4.79 Å². The smallest absolute Gasteiger partial charge is 0.235 e. The topological polar surface area (TPSA) is 22.0 Å². The van der Waals surface area contributed by atoms with E-state index in [4.69, 9.17) is 0 Å². The van der Waals surface area contributed by atoms with E-state index in [-0.39, 0.29) is 5.91 Å². The van der Waals surface area contributed by atoms with Crippen molar-refractivity contribution < 1.29 is 4.79 Å². The van der Waals surface area contributed by atoms with Gasteiger partial charge in [0.05, 0.1) is 12.6 Å². The molecule has 2 aromatic rings. The zero-order chi connectivity index (χ0) is 9.80. The predicted molar refractivity (Wildman–Crippen MR) is 54.0 cm³/mol. The van der Waals surface area contributed by atoms with Gasteiger partial charge in [0.2, 0.25) is 5.91 Å². The third-order valence-corrected chi connectivity index (χ3v) is 2.01. The lowest BCUT2D eigenvalue weighted by Gasteiger charge is -2.00. The van der Waals surface area contributed by atoms with Gasteiger partial charge in [-0.3, -0.25) is 9.36 Å². The molecule has 0 N–H and O–H groups in total. The van der Waals surface area contributed by atoms with Crippen LogP contribution in [0, 0.1) is 6.20 Å². The van der Waals surface area contributed by atoms with Crippen LogP contribution in [0.2, 0.25) is 0 Å². The average molecular weight is 184 g/mol. The third kappa shape index (κ3) is 1.91. The number of nitrogens with zero attached hydrogens (tertiary/aromatic N) is 1. The number of benzene rings is 1. The van der Waals surface area contributed by atoms with Crippen molar-refractivity contribution in [2.24, 2.45) is 0 Å². The quantitative estimate of drug-likeness (QED) is 0.701. The van der Waals surface area contributed by atoms with Crippen molar-refractivity contribution in [1.82, 2.24) is 4.57 Å². The molecule has 0 aliphatic carbocycles. The molecule has 0 unspecified atom stereocenters. The van der Waals surface area contributed by atoms with E-state index >= 15 is 0 Å². The van der Waals surface area contributed by atoms with E-state index in [1.54, 1.807) is 18.3 Å². The van der Waals surface area contributed by atoms with Gasteiger partial charge in [-0.25, -0.2) is 0 Å². The van der Waals surface area contributed by atoms with Crippen LogP contribution in [0.1, 0.15) is 10.4 Å². The molecular weight excluding hydrogens is 174 g/mol. The molecule has 0 saturated carbocycles. The number of aromatic nitrogens is 1. The minimum absolute atomic E-state index is 0.0428. The van der Waals surface area contributed by atoms with Gasteiger partial charge < -0.3 is 0 Å². The van der Waals surface area contributed by atoms with Crippen molar-refractivity contribution in [3.05, 3.63) is 60.4 Å². The third-order valence-electron chi connectivity index (χ3n) is 2.01. The first kappa shape index (κ1) is 8.75. The van der Waals surface area contributed by atoms with Crippen molar-refractivity contribution in [3.8, 4) is 0 Å². The minimum Gasteiger partial charge on any atom is -0.285 e. The van der Waals surface area contributed by atoms with E-state index in [2.05, 4.69) is 6.20 Å². The van der Waals surface area contributed by atoms with Crippen molar-refractivity contribution in [1.29, 1.82) is 0 Å². The summed E-state index contributed by atoms with van der Waals surface area (Å²) in [5, 5.41) is 0. The molecule has 1 aromatic heterocycles. The van der Waals surface area contributed by atoms with Crippen LogP contribution in [0.5, 0.6) is 0 Å². The van der Waals surface area contributed by atoms with Crippen LogP contribution in [0.4, 0.5) is 0 Å². The Labute approximate surface area is 82.8 Å². The maximum atomic E-state index is 11.6. The summed E-state index contributed by atoms with van der Waals surface area (Å²) >= 11 is 0. The Kier molecular flexibility index (Phi) is 2.45. The van der Waals surface area contributed by atoms with Gasteiger partial charge in [-0.2, -0.15) is 0 Å². The zero-order valence-electron chi connectivity index (χ0n) is 7.68. The highest BCUT2D eigenvalue weighted by molar-refractivity contribution is 5.81. The Hall–Kier alpha value is -1.83. The molecule has 1 radical (unpaired) electrons. The molecule has 2 rings (SSSR count). The molecule has 0 bridgehead atoms. The second-order valence-electron chi connectivity index (χ2n) is 3.06. The standard InChI is InChI=1S/C12H10NO/c14-12(13-8-4-5-9-13)10-11-6-2-1-3-7-11/h1-8H,10H2. The van der Waals surface area contributed by atoms with Crippen LogP contribution in [-0.4, -0.2) is 10.5 Å². The maximum absolute atomic E-state index is 11.6. The monoisotopic (exact) mass is 184 g/mol. The van der Waals surface area contributed by atoms with Gasteiger partial charge in [0, 0.05) is 6.20 Å². The summed E-state index contributed by atoms with van der Waals surface area (Å²) in [5.74, 6) is 0.0428. The molecule has 0 saturated heterocycles. The van der Waals surface area contributed by atoms with E-state index in [0.717, 1.165) is 5.56 Å². The lowest BCUT2D eigenvalue weighted by atomic mass is 10.1. The van der Waals surface area contributed by atoms with Crippen LogP contribution in [0.15, 0.2) is 48.7 Å². The lowest BCUT2D eigenvalue weighted by Crippen LogP contribution is -2.11. The molecule has 0 amide bonds. The molecule has 0 spiro atoms. The van der Waals surface area contributed by atoms with Gasteiger partial charge in [0.25, 0.3) is 0 Å². The van der Waals surface area contributed by atoms with Gasteiger partial charge in [0.1, 0.15) is 0 Å². The molecule has 1 aromatic carbocycles. The molecule has 1 heterocycles. The van der Waals surface area contributed by atoms with Gasteiger partial charge in [-0.05, 0) is 17.7 Å². The van der Waals surface area contributed by atoms with E-state index < -0.39 is 0 Å². The molecule has 0 atom stereocenters. The fourth-order valence-corrected chi connectivity index (χ4v) is 1.31. The Morgan fingerprint density at radius 1 is 1.21 bits per heavy atom. The number of hydrogen-bond donors (Lipinski definition) is 0. The highest BCUT2D eigenvalue weighted by atomic mass is 16.1. The maximum Gasteiger partial charge on any atom is 0.235 e. The van der Waals surface area contributed by atoms with Crippen molar-refractivity contribution in [3.63, 3.8) is 0 Å². The average Bonchev–Trinajstić information content (AvgIpc) is 2.72. The molecule has 0 aliphatic rings. The highest BCUT2D eigenvalue weighted by Gasteiger charge is 2.03. The summed E-state index contributed by atoms with van der Waals surface area (Å²) in [5.41, 5.74) is 1.03. The van der Waals surface area contributed by atoms with Gasteiger partial charge >= 0.3 is 0 Å². The Morgan fingerprint density at radius 2 is 2.00 bits per heavy atom. The Bertz CT molecular complexity index is 403. The highest BCUT2D eigenvalue weighted by Crippen LogP contribution is 2.01. The SMILES string of the molecule is O=C(Cc1ccccc1)n1[c]ccc1. The summed E-state index contributed by atoms with van der Waals surface area (Å²) in [7, 11) is 0. The van der Waals surface area contributed by atoms with Crippen LogP contribution >= 0.6 is 0 Å². The predicted octanol–water partition coefficient (Wildman–Crippen LogP) is 2.17. The molecule has 69 valence electrons. The first-order chi connectivity index (χ1) is 6.86. The minimum atomic E-state index is 0.0428. The summed E-state index contributed by atoms with van der Waals surface area (Å²) in [6.45, 7) is 0. The molecule has 14 heavy (non-hydrogen) atoms. The van der Waals surface area contributed by atoms with Crippen LogP contribution in [0.25, 0.3) is 0 Å². The summed E-state index contributed by atoms with van der Waals surface area (Å²) in [4.78, 5) is 11.6. The fraction of sp³-hybridized carbons (Fsp3) is 0.0833. The summed E-state index contributed by atoms with van der Waals surface area (Å²) in [6, 6.07) is 13.2. The van der Waals surface area contributed by atoms with Crippen molar-refractivity contribution in [2.45, 2.75) is 6.42 Å². The summed E-state index contributed by atoms with van der Waals surface area (Å²) < 4.78 is 1.48. The van der Waals surface area contributed by atoms with E-state index in [1.165, 1.54) is 4.57 Å². The second-order valence-corrected chi connectivity index (χ2v) is 3.06. The van der Waals surface area contributed by atoms with Crippen molar-refractivity contribution >= 4 is 5.91 Å². The first-order valence-corrected chi connectivity index (χ1v) is 4.48. The zero-order valence-corrected chi connectivity index (χ0v) is 7.68. The molecule has 0 fully saturated rings. The van der Waals surface area contributed by atoms with E-state index in [1.807, 2.05) is 30.3 Å². The normalized spacial score (nSPS) is 10.0. The number of carbonyl (C=O) groups excluding carboxylic acids is 1.